The van der Waals surface area contributed by atoms with Crippen molar-refractivity contribution in [3.8, 4) is 11.5 Å². The standard InChI is InChI=1S/C13H15NO4/c1-7(2)18-8-4-10-9(12(15)5-8)6-11(14-10)13(16)17-3/h4-7,14-15H,1-3H3. The lowest BCUT2D eigenvalue weighted by atomic mass is 10.2. The second-order valence-electron chi connectivity index (χ2n) is 4.24. The average Bonchev–Trinajstić information content (AvgIpc) is 2.71. The molecule has 0 atom stereocenters. The molecule has 0 aliphatic carbocycles. The Labute approximate surface area is 104 Å². The normalized spacial score (nSPS) is 10.9. The van der Waals surface area contributed by atoms with E-state index in [1.54, 1.807) is 12.1 Å². The van der Waals surface area contributed by atoms with Crippen molar-refractivity contribution in [3.63, 3.8) is 0 Å². The molecule has 0 amide bonds. The van der Waals surface area contributed by atoms with Gasteiger partial charge in [0, 0.05) is 17.5 Å². The number of benzene rings is 1. The molecule has 1 aromatic heterocycles. The lowest BCUT2D eigenvalue weighted by Crippen LogP contribution is -2.05. The highest BCUT2D eigenvalue weighted by molar-refractivity contribution is 5.97. The van der Waals surface area contributed by atoms with Gasteiger partial charge in [-0.1, -0.05) is 0 Å². The molecule has 96 valence electrons. The summed E-state index contributed by atoms with van der Waals surface area (Å²) in [5.41, 5.74) is 0.926. The SMILES string of the molecule is COC(=O)c1cc2c(O)cc(OC(C)C)cc2[nH]1. The zero-order valence-electron chi connectivity index (χ0n) is 10.5. The van der Waals surface area contributed by atoms with Gasteiger partial charge in [-0.2, -0.15) is 0 Å². The third kappa shape index (κ3) is 2.25. The topological polar surface area (TPSA) is 71.6 Å². The summed E-state index contributed by atoms with van der Waals surface area (Å²) in [5, 5.41) is 10.4. The summed E-state index contributed by atoms with van der Waals surface area (Å²) < 4.78 is 10.1. The summed E-state index contributed by atoms with van der Waals surface area (Å²) in [4.78, 5) is 14.3. The number of aromatic nitrogens is 1. The van der Waals surface area contributed by atoms with Gasteiger partial charge < -0.3 is 19.6 Å². The van der Waals surface area contributed by atoms with Gasteiger partial charge in [-0.05, 0) is 19.9 Å². The summed E-state index contributed by atoms with van der Waals surface area (Å²) in [6.07, 6.45) is 0.0110. The molecule has 2 rings (SSSR count). The number of phenols is 1. The molecule has 1 aromatic carbocycles. The van der Waals surface area contributed by atoms with Crippen LogP contribution in [0.1, 0.15) is 24.3 Å². The van der Waals surface area contributed by atoms with Crippen LogP contribution in [0.4, 0.5) is 0 Å². The number of hydrogen-bond donors (Lipinski definition) is 2. The van der Waals surface area contributed by atoms with Crippen LogP contribution in [0.15, 0.2) is 18.2 Å². The van der Waals surface area contributed by atoms with Crippen molar-refractivity contribution in [1.82, 2.24) is 4.98 Å². The average molecular weight is 249 g/mol. The van der Waals surface area contributed by atoms with Gasteiger partial charge in [0.25, 0.3) is 0 Å². The third-order valence-corrected chi connectivity index (χ3v) is 2.47. The Hall–Kier alpha value is -2.17. The Morgan fingerprint density at radius 3 is 2.67 bits per heavy atom. The van der Waals surface area contributed by atoms with Crippen LogP contribution in [0.2, 0.25) is 0 Å². The van der Waals surface area contributed by atoms with Crippen LogP contribution >= 0.6 is 0 Å². The molecule has 0 spiro atoms. The monoisotopic (exact) mass is 249 g/mol. The molecule has 2 aromatic rings. The molecule has 2 N–H and O–H groups in total. The first-order chi connectivity index (χ1) is 8.51. The number of aromatic amines is 1. The summed E-state index contributed by atoms with van der Waals surface area (Å²) in [5.74, 6) is 0.139. The van der Waals surface area contributed by atoms with E-state index < -0.39 is 5.97 Å². The first-order valence-electron chi connectivity index (χ1n) is 5.62. The second kappa shape index (κ2) is 4.60. The molecule has 0 saturated heterocycles. The highest BCUT2D eigenvalue weighted by Gasteiger charge is 2.13. The number of carbonyl (C=O) groups is 1. The maximum Gasteiger partial charge on any atom is 0.354 e. The fraction of sp³-hybridized carbons (Fsp3) is 0.308. The van der Waals surface area contributed by atoms with Gasteiger partial charge in [-0.15, -0.1) is 0 Å². The largest absolute Gasteiger partial charge is 0.507 e. The van der Waals surface area contributed by atoms with E-state index in [1.165, 1.54) is 13.2 Å². The van der Waals surface area contributed by atoms with Crippen molar-refractivity contribution < 1.29 is 19.4 Å². The molecule has 5 heteroatoms. The van der Waals surface area contributed by atoms with Crippen LogP contribution < -0.4 is 4.74 Å². The molecule has 0 bridgehead atoms. The second-order valence-corrected chi connectivity index (χ2v) is 4.24. The van der Waals surface area contributed by atoms with Gasteiger partial charge in [-0.3, -0.25) is 0 Å². The predicted molar refractivity (Wildman–Crippen MR) is 67.1 cm³/mol. The molecule has 18 heavy (non-hydrogen) atoms. The summed E-state index contributed by atoms with van der Waals surface area (Å²) in [6, 6.07) is 4.81. The molecule has 0 radical (unpaired) electrons. The number of hydrogen-bond acceptors (Lipinski definition) is 4. The van der Waals surface area contributed by atoms with Crippen LogP contribution in [-0.4, -0.2) is 29.3 Å². The van der Waals surface area contributed by atoms with Crippen molar-refractivity contribution in [2.24, 2.45) is 0 Å². The van der Waals surface area contributed by atoms with E-state index in [0.29, 0.717) is 22.3 Å². The van der Waals surface area contributed by atoms with Crippen molar-refractivity contribution >= 4 is 16.9 Å². The maximum atomic E-state index is 11.4. The van der Waals surface area contributed by atoms with Gasteiger partial charge >= 0.3 is 5.97 Å². The minimum atomic E-state index is -0.475. The van der Waals surface area contributed by atoms with Gasteiger partial charge in [0.2, 0.25) is 0 Å². The van der Waals surface area contributed by atoms with E-state index in [1.807, 2.05) is 13.8 Å². The molecule has 0 unspecified atom stereocenters. The van der Waals surface area contributed by atoms with Gasteiger partial charge in [-0.25, -0.2) is 4.79 Å². The zero-order chi connectivity index (χ0) is 13.3. The zero-order valence-corrected chi connectivity index (χ0v) is 10.5. The number of H-pyrrole nitrogens is 1. The minimum absolute atomic E-state index is 0.0110. The quantitative estimate of drug-likeness (QED) is 0.819. The number of fused-ring (bicyclic) bond motifs is 1. The number of aromatic hydroxyl groups is 1. The van der Waals surface area contributed by atoms with Gasteiger partial charge in [0.15, 0.2) is 0 Å². The van der Waals surface area contributed by atoms with Crippen LogP contribution in [0.25, 0.3) is 10.9 Å². The number of nitrogens with one attached hydrogen (secondary N) is 1. The molecule has 5 nitrogen and oxygen atoms in total. The Kier molecular flexibility index (Phi) is 3.14. The first kappa shape index (κ1) is 12.3. The van der Waals surface area contributed by atoms with Gasteiger partial charge in [0.1, 0.15) is 17.2 Å². The predicted octanol–water partition coefficient (Wildman–Crippen LogP) is 2.45. The molecule has 1 heterocycles. The smallest absolute Gasteiger partial charge is 0.354 e. The number of carbonyl (C=O) groups excluding carboxylic acids is 1. The van der Waals surface area contributed by atoms with Crippen molar-refractivity contribution in [3.05, 3.63) is 23.9 Å². The minimum Gasteiger partial charge on any atom is -0.507 e. The van der Waals surface area contributed by atoms with Crippen LogP contribution in [-0.2, 0) is 4.74 Å². The van der Waals surface area contributed by atoms with Crippen LogP contribution in [0.5, 0.6) is 11.5 Å². The highest BCUT2D eigenvalue weighted by Crippen LogP contribution is 2.31. The number of esters is 1. The lowest BCUT2D eigenvalue weighted by molar-refractivity contribution is 0.0595. The number of methoxy groups -OCH3 is 1. The Morgan fingerprint density at radius 1 is 1.33 bits per heavy atom. The van der Waals surface area contributed by atoms with E-state index in [9.17, 15) is 9.90 Å². The molecule has 0 fully saturated rings. The number of phenolic OH excluding ortho intramolecular Hbond substituents is 1. The summed E-state index contributed by atoms with van der Waals surface area (Å²) in [6.45, 7) is 3.80. The molecule has 0 aliphatic heterocycles. The fourth-order valence-corrected chi connectivity index (χ4v) is 1.75. The van der Waals surface area contributed by atoms with E-state index in [2.05, 4.69) is 9.72 Å². The number of rotatable bonds is 3. The van der Waals surface area contributed by atoms with Crippen molar-refractivity contribution in [2.75, 3.05) is 7.11 Å². The third-order valence-electron chi connectivity index (χ3n) is 2.47. The first-order valence-corrected chi connectivity index (χ1v) is 5.62. The molecule has 0 aliphatic rings. The Morgan fingerprint density at radius 2 is 2.06 bits per heavy atom. The fourth-order valence-electron chi connectivity index (χ4n) is 1.75. The van der Waals surface area contributed by atoms with Gasteiger partial charge in [0.05, 0.1) is 18.7 Å². The summed E-state index contributed by atoms with van der Waals surface area (Å²) >= 11 is 0. The molecular weight excluding hydrogens is 234 g/mol. The maximum absolute atomic E-state index is 11.4. The molecular formula is C13H15NO4. The number of ether oxygens (including phenoxy) is 2. The lowest BCUT2D eigenvalue weighted by Gasteiger charge is -2.10. The van der Waals surface area contributed by atoms with E-state index in [0.717, 1.165) is 0 Å². The van der Waals surface area contributed by atoms with Crippen LogP contribution in [0.3, 0.4) is 0 Å². The van der Waals surface area contributed by atoms with E-state index in [4.69, 9.17) is 4.74 Å². The summed E-state index contributed by atoms with van der Waals surface area (Å²) in [7, 11) is 1.31. The highest BCUT2D eigenvalue weighted by atomic mass is 16.5. The van der Waals surface area contributed by atoms with Crippen molar-refractivity contribution in [1.29, 1.82) is 0 Å². The molecule has 0 saturated carbocycles. The Bertz CT molecular complexity index is 586. The van der Waals surface area contributed by atoms with E-state index >= 15 is 0 Å². The Balaban J connectivity index is 2.48. The van der Waals surface area contributed by atoms with Crippen molar-refractivity contribution in [2.45, 2.75) is 20.0 Å². The van der Waals surface area contributed by atoms with E-state index in [-0.39, 0.29) is 11.9 Å². The van der Waals surface area contributed by atoms with Crippen LogP contribution in [0, 0.1) is 0 Å².